The third-order valence-electron chi connectivity index (χ3n) is 10.7. The van der Waals surface area contributed by atoms with Crippen LogP contribution in [0.2, 0.25) is 0 Å². The predicted molar refractivity (Wildman–Crippen MR) is 239 cm³/mol. The smallest absolute Gasteiger partial charge is 0.245 e. The Bertz CT molecular complexity index is 2290. The van der Waals surface area contributed by atoms with E-state index in [4.69, 9.17) is 11.5 Å². The summed E-state index contributed by atoms with van der Waals surface area (Å²) in [5.74, 6) is -8.84. The fourth-order valence-electron chi connectivity index (χ4n) is 7.21. The number of para-hydroxylation sites is 1. The van der Waals surface area contributed by atoms with E-state index in [9.17, 15) is 58.2 Å². The molecule has 0 aliphatic carbocycles. The number of primary amides is 2. The molecular formula is C44H59N11O12. The number of hydrogen-bond acceptors (Lipinski definition) is 12. The number of aromatic amines is 1. The molecule has 3 aromatic rings. The van der Waals surface area contributed by atoms with Gasteiger partial charge in [-0.25, -0.2) is 0 Å². The molecule has 0 radical (unpaired) electrons. The Morgan fingerprint density at radius 2 is 1.30 bits per heavy atom. The van der Waals surface area contributed by atoms with E-state index in [-0.39, 0.29) is 43.9 Å². The number of benzene rings is 2. The van der Waals surface area contributed by atoms with Crippen molar-refractivity contribution in [3.05, 3.63) is 71.9 Å². The van der Waals surface area contributed by atoms with Gasteiger partial charge in [-0.2, -0.15) is 0 Å². The molecule has 2 heterocycles. The first-order valence-electron chi connectivity index (χ1n) is 21.6. The van der Waals surface area contributed by atoms with Gasteiger partial charge in [-0.05, 0) is 42.9 Å². The van der Waals surface area contributed by atoms with E-state index in [1.807, 2.05) is 0 Å². The van der Waals surface area contributed by atoms with Crippen LogP contribution in [0.4, 0.5) is 0 Å². The van der Waals surface area contributed by atoms with Crippen molar-refractivity contribution in [3.63, 3.8) is 0 Å². The summed E-state index contributed by atoms with van der Waals surface area (Å²) in [6.07, 6.45) is -0.387. The number of nitrogens with two attached hydrogens (primary N) is 2. The van der Waals surface area contributed by atoms with Gasteiger partial charge in [0, 0.05) is 36.4 Å². The number of carbonyl (C=O) groups is 10. The van der Waals surface area contributed by atoms with Crippen LogP contribution >= 0.6 is 0 Å². The van der Waals surface area contributed by atoms with Crippen molar-refractivity contribution in [1.29, 1.82) is 0 Å². The molecule has 67 heavy (non-hydrogen) atoms. The van der Waals surface area contributed by atoms with Gasteiger partial charge in [0.2, 0.25) is 59.1 Å². The lowest BCUT2D eigenvalue weighted by Gasteiger charge is -2.27. The molecule has 15 N–H and O–H groups in total. The summed E-state index contributed by atoms with van der Waals surface area (Å²) in [5, 5.41) is 40.5. The minimum Gasteiger partial charge on any atom is -0.394 e. The Balaban J connectivity index is 1.54. The van der Waals surface area contributed by atoms with E-state index < -0.39 is 121 Å². The first kappa shape index (κ1) is 52.2. The number of aliphatic hydroxyl groups is 2. The van der Waals surface area contributed by atoms with Crippen molar-refractivity contribution in [3.8, 4) is 0 Å². The van der Waals surface area contributed by atoms with Gasteiger partial charge in [-0.15, -0.1) is 0 Å². The minimum atomic E-state index is -1.74. The molecule has 362 valence electrons. The van der Waals surface area contributed by atoms with Gasteiger partial charge in [-0.3, -0.25) is 47.9 Å². The second-order valence-electron chi connectivity index (χ2n) is 16.6. The second kappa shape index (κ2) is 24.8. The predicted octanol–water partition coefficient (Wildman–Crippen LogP) is -3.96. The van der Waals surface area contributed by atoms with E-state index in [1.165, 1.54) is 6.92 Å². The SMILES string of the molecule is CC(C)C[C@H](NC(=O)[C@@H]1CCC(=O)N1)C(=O)N[C@@H](CC(N)=O)C(=O)N[C@@H](Cc1ccccc1)C(=O)N[C@@H](CO)C(=O)N[C@@H](Cc1c[nH]c2ccccc12)C(=O)NCC(=O)N[C@H](C(N)=O)[C@@H](C)O. The third-order valence-corrected chi connectivity index (χ3v) is 10.7. The molecule has 0 bridgehead atoms. The minimum absolute atomic E-state index is 0.105. The van der Waals surface area contributed by atoms with Crippen LogP contribution in [0.15, 0.2) is 60.8 Å². The van der Waals surface area contributed by atoms with Crippen molar-refractivity contribution in [2.45, 2.75) is 108 Å². The van der Waals surface area contributed by atoms with Crippen LogP contribution in [-0.4, -0.2) is 136 Å². The lowest BCUT2D eigenvalue weighted by molar-refractivity contribution is -0.136. The maximum Gasteiger partial charge on any atom is 0.245 e. The van der Waals surface area contributed by atoms with E-state index in [0.717, 1.165) is 0 Å². The number of nitrogens with one attached hydrogen (secondary N) is 9. The van der Waals surface area contributed by atoms with Crippen molar-refractivity contribution < 1.29 is 58.2 Å². The molecule has 1 aliphatic rings. The van der Waals surface area contributed by atoms with Crippen LogP contribution < -0.4 is 54.0 Å². The topological polar surface area (TPSA) is 375 Å². The van der Waals surface area contributed by atoms with Gasteiger partial charge >= 0.3 is 0 Å². The molecule has 0 spiro atoms. The molecule has 1 saturated heterocycles. The highest BCUT2D eigenvalue weighted by Gasteiger charge is 2.35. The average Bonchev–Trinajstić information content (AvgIpc) is 3.91. The fraction of sp³-hybridized carbons (Fsp3) is 0.455. The number of fused-ring (bicyclic) bond motifs is 1. The maximum absolute atomic E-state index is 14.1. The van der Waals surface area contributed by atoms with Crippen LogP contribution in [0.1, 0.15) is 57.6 Å². The molecule has 4 rings (SSSR count). The fourth-order valence-corrected chi connectivity index (χ4v) is 7.21. The van der Waals surface area contributed by atoms with Crippen molar-refractivity contribution in [2.24, 2.45) is 17.4 Å². The summed E-state index contributed by atoms with van der Waals surface area (Å²) in [7, 11) is 0. The van der Waals surface area contributed by atoms with E-state index in [2.05, 4.69) is 47.5 Å². The molecule has 2 aromatic carbocycles. The van der Waals surface area contributed by atoms with Crippen LogP contribution in [-0.2, 0) is 60.8 Å². The molecule has 1 aliphatic heterocycles. The maximum atomic E-state index is 14.1. The number of amides is 10. The zero-order chi connectivity index (χ0) is 49.4. The monoisotopic (exact) mass is 933 g/mol. The Morgan fingerprint density at radius 1 is 0.716 bits per heavy atom. The van der Waals surface area contributed by atoms with Crippen molar-refractivity contribution >= 4 is 70.0 Å². The normalized spacial score (nSPS) is 16.4. The van der Waals surface area contributed by atoms with Gasteiger partial charge in [0.25, 0.3) is 0 Å². The molecule has 8 atom stereocenters. The van der Waals surface area contributed by atoms with Crippen LogP contribution in [0.3, 0.4) is 0 Å². The molecule has 0 saturated carbocycles. The first-order chi connectivity index (χ1) is 31.8. The highest BCUT2D eigenvalue weighted by Crippen LogP contribution is 2.19. The lowest BCUT2D eigenvalue weighted by atomic mass is 10.0. The number of aliphatic hydroxyl groups excluding tert-OH is 2. The highest BCUT2D eigenvalue weighted by molar-refractivity contribution is 5.99. The van der Waals surface area contributed by atoms with Gasteiger partial charge in [0.1, 0.15) is 42.3 Å². The lowest BCUT2D eigenvalue weighted by Crippen LogP contribution is -2.61. The summed E-state index contributed by atoms with van der Waals surface area (Å²) in [6, 6.07) is 5.51. The van der Waals surface area contributed by atoms with Crippen LogP contribution in [0.5, 0.6) is 0 Å². The Morgan fingerprint density at radius 3 is 1.90 bits per heavy atom. The first-order valence-corrected chi connectivity index (χ1v) is 21.6. The Labute approximate surface area is 385 Å². The molecule has 1 aromatic heterocycles. The number of aromatic nitrogens is 1. The summed E-state index contributed by atoms with van der Waals surface area (Å²) in [6.45, 7) is 3.09. The van der Waals surface area contributed by atoms with Gasteiger partial charge in [-0.1, -0.05) is 62.4 Å². The van der Waals surface area contributed by atoms with Crippen molar-refractivity contribution in [2.75, 3.05) is 13.2 Å². The summed E-state index contributed by atoms with van der Waals surface area (Å²) >= 11 is 0. The van der Waals surface area contributed by atoms with Crippen LogP contribution in [0, 0.1) is 5.92 Å². The van der Waals surface area contributed by atoms with E-state index in [1.54, 1.807) is 74.6 Å². The number of H-pyrrole nitrogens is 1. The largest absolute Gasteiger partial charge is 0.394 e. The number of carbonyl (C=O) groups excluding carboxylic acids is 10. The molecule has 1 fully saturated rings. The molecular weight excluding hydrogens is 875 g/mol. The van der Waals surface area contributed by atoms with Gasteiger partial charge in [0.05, 0.1) is 25.7 Å². The van der Waals surface area contributed by atoms with Gasteiger partial charge in [0.15, 0.2) is 0 Å². The van der Waals surface area contributed by atoms with E-state index in [0.29, 0.717) is 22.0 Å². The van der Waals surface area contributed by atoms with Crippen LogP contribution in [0.25, 0.3) is 10.9 Å². The second-order valence-corrected chi connectivity index (χ2v) is 16.6. The third kappa shape index (κ3) is 15.9. The summed E-state index contributed by atoms with van der Waals surface area (Å²) < 4.78 is 0. The molecule has 0 unspecified atom stereocenters. The van der Waals surface area contributed by atoms with E-state index >= 15 is 0 Å². The Hall–Kier alpha value is -7.40. The zero-order valence-corrected chi connectivity index (χ0v) is 37.3. The standard InChI is InChI=1S/C44H59N11O12/c1-22(2)15-29(50-40(63)28-13-14-35(59)49-28)41(64)53-32(18-34(45)58)43(66)51-30(16-24-9-5-4-6-10-24)42(65)54-33(21-56)44(67)52-31(17-25-19-47-27-12-8-7-11-26(25)27)39(62)48-20-36(60)55-37(23(3)57)38(46)61/h4-12,19,22-23,28-33,37,47,56-57H,13-18,20-21H2,1-3H3,(H2,45,58)(H2,46,61)(H,48,62)(H,49,59)(H,50,63)(H,51,66)(H,52,67)(H,53,64)(H,54,65)(H,55,60)/t23-,28+,29+,30+,31+,32+,33+,37+/m1/s1. The molecule has 23 heteroatoms. The molecule has 10 amide bonds. The summed E-state index contributed by atoms with van der Waals surface area (Å²) in [4.78, 5) is 133. The number of rotatable bonds is 25. The number of hydrogen-bond donors (Lipinski definition) is 13. The summed E-state index contributed by atoms with van der Waals surface area (Å²) in [5.41, 5.74) is 12.5. The Kier molecular flexibility index (Phi) is 19.3. The average molecular weight is 934 g/mol. The van der Waals surface area contributed by atoms with Crippen molar-refractivity contribution in [1.82, 2.24) is 47.5 Å². The van der Waals surface area contributed by atoms with Gasteiger partial charge < -0.3 is 69.2 Å². The highest BCUT2D eigenvalue weighted by atomic mass is 16.3. The molecule has 23 nitrogen and oxygen atoms in total. The zero-order valence-electron chi connectivity index (χ0n) is 37.3. The quantitative estimate of drug-likeness (QED) is 0.0387.